The molecule has 1 atom stereocenters. The molecule has 0 fully saturated rings. The molecule has 2 aromatic rings. The van der Waals surface area contributed by atoms with Crippen molar-refractivity contribution in [3.05, 3.63) is 64.4 Å². The Labute approximate surface area is 122 Å². The van der Waals surface area contributed by atoms with Crippen LogP contribution in [-0.4, -0.2) is 7.11 Å². The molecule has 0 radical (unpaired) electrons. The van der Waals surface area contributed by atoms with Gasteiger partial charge >= 0.3 is 0 Å². The lowest BCUT2D eigenvalue weighted by atomic mass is 9.92. The molecular formula is C16H13ClFNO. The molecule has 0 aliphatic carbocycles. The van der Waals surface area contributed by atoms with Crippen LogP contribution in [0.4, 0.5) is 4.39 Å². The fraction of sp³-hybridized carbons (Fsp3) is 0.188. The number of rotatable bonds is 4. The fourth-order valence-electron chi connectivity index (χ4n) is 2.15. The van der Waals surface area contributed by atoms with Gasteiger partial charge in [-0.2, -0.15) is 5.26 Å². The third kappa shape index (κ3) is 2.92. The van der Waals surface area contributed by atoms with E-state index in [-0.39, 0.29) is 10.6 Å². The van der Waals surface area contributed by atoms with E-state index in [1.807, 2.05) is 24.3 Å². The minimum atomic E-state index is -0.653. The summed E-state index contributed by atoms with van der Waals surface area (Å²) in [5.41, 5.74) is 1.09. The van der Waals surface area contributed by atoms with Crippen LogP contribution in [0.1, 0.15) is 17.0 Å². The average molecular weight is 290 g/mol. The van der Waals surface area contributed by atoms with Gasteiger partial charge in [0.05, 0.1) is 19.1 Å². The number of para-hydroxylation sites is 1. The summed E-state index contributed by atoms with van der Waals surface area (Å²) in [6, 6.07) is 13.9. The molecule has 0 amide bonds. The Bertz CT molecular complexity index is 631. The van der Waals surface area contributed by atoms with Crippen LogP contribution in [0.3, 0.4) is 0 Å². The molecule has 102 valence electrons. The number of hydrogen-bond donors (Lipinski definition) is 0. The largest absolute Gasteiger partial charge is 0.496 e. The second-order valence-corrected chi connectivity index (χ2v) is 4.74. The van der Waals surface area contributed by atoms with Crippen LogP contribution in [0, 0.1) is 17.1 Å². The fourth-order valence-corrected chi connectivity index (χ4v) is 2.44. The Balaban J connectivity index is 2.37. The second kappa shape index (κ2) is 6.40. The zero-order chi connectivity index (χ0) is 14.5. The Morgan fingerprint density at radius 2 is 2.00 bits per heavy atom. The molecule has 0 N–H and O–H groups in total. The lowest BCUT2D eigenvalue weighted by Crippen LogP contribution is -2.05. The monoisotopic (exact) mass is 289 g/mol. The van der Waals surface area contributed by atoms with Gasteiger partial charge in [0, 0.05) is 10.6 Å². The van der Waals surface area contributed by atoms with Crippen molar-refractivity contribution >= 4 is 11.6 Å². The van der Waals surface area contributed by atoms with Crippen molar-refractivity contribution in [3.8, 4) is 11.8 Å². The SMILES string of the molecule is COc1ccccc1CC(C#N)c1c(F)cccc1Cl. The summed E-state index contributed by atoms with van der Waals surface area (Å²) in [5, 5.41) is 9.61. The van der Waals surface area contributed by atoms with Crippen molar-refractivity contribution in [2.24, 2.45) is 0 Å². The Morgan fingerprint density at radius 3 is 2.65 bits per heavy atom. The van der Waals surface area contributed by atoms with E-state index in [0.29, 0.717) is 12.2 Å². The molecule has 0 aromatic heterocycles. The Morgan fingerprint density at radius 1 is 1.25 bits per heavy atom. The second-order valence-electron chi connectivity index (χ2n) is 4.33. The third-order valence-corrected chi connectivity index (χ3v) is 3.45. The summed E-state index contributed by atoms with van der Waals surface area (Å²) >= 11 is 6.02. The van der Waals surface area contributed by atoms with Crippen LogP contribution in [0.5, 0.6) is 5.75 Å². The molecule has 0 aliphatic rings. The van der Waals surface area contributed by atoms with E-state index in [1.165, 1.54) is 12.1 Å². The van der Waals surface area contributed by atoms with Crippen molar-refractivity contribution in [3.63, 3.8) is 0 Å². The van der Waals surface area contributed by atoms with Gasteiger partial charge in [0.25, 0.3) is 0 Å². The first-order chi connectivity index (χ1) is 9.67. The van der Waals surface area contributed by atoms with Gasteiger partial charge in [-0.3, -0.25) is 0 Å². The van der Waals surface area contributed by atoms with Crippen LogP contribution in [0.15, 0.2) is 42.5 Å². The van der Waals surface area contributed by atoms with Crippen molar-refractivity contribution in [2.45, 2.75) is 12.3 Å². The quantitative estimate of drug-likeness (QED) is 0.839. The van der Waals surface area contributed by atoms with E-state index >= 15 is 0 Å². The van der Waals surface area contributed by atoms with E-state index in [1.54, 1.807) is 13.2 Å². The zero-order valence-corrected chi connectivity index (χ0v) is 11.7. The lowest BCUT2D eigenvalue weighted by molar-refractivity contribution is 0.409. The molecule has 2 aromatic carbocycles. The molecule has 0 spiro atoms. The first-order valence-electron chi connectivity index (χ1n) is 6.12. The summed E-state index contributed by atoms with van der Waals surface area (Å²) < 4.78 is 19.2. The minimum absolute atomic E-state index is 0.238. The van der Waals surface area contributed by atoms with Crippen molar-refractivity contribution < 1.29 is 9.13 Å². The molecule has 0 aliphatic heterocycles. The summed E-state index contributed by atoms with van der Waals surface area (Å²) in [6.45, 7) is 0. The van der Waals surface area contributed by atoms with Crippen LogP contribution in [0.2, 0.25) is 5.02 Å². The van der Waals surface area contributed by atoms with Gasteiger partial charge < -0.3 is 4.74 Å². The van der Waals surface area contributed by atoms with E-state index in [2.05, 4.69) is 6.07 Å². The maximum absolute atomic E-state index is 13.9. The van der Waals surface area contributed by atoms with Gasteiger partial charge in [-0.25, -0.2) is 4.39 Å². The molecule has 0 heterocycles. The van der Waals surface area contributed by atoms with Crippen molar-refractivity contribution in [2.75, 3.05) is 7.11 Å². The molecule has 20 heavy (non-hydrogen) atoms. The van der Waals surface area contributed by atoms with Gasteiger partial charge in [0.15, 0.2) is 0 Å². The maximum Gasteiger partial charge on any atom is 0.129 e. The van der Waals surface area contributed by atoms with E-state index < -0.39 is 11.7 Å². The standard InChI is InChI=1S/C16H13ClFNO/c1-20-15-8-3-2-5-11(15)9-12(10-19)16-13(17)6-4-7-14(16)18/h2-8,12H,9H2,1H3. The smallest absolute Gasteiger partial charge is 0.129 e. The molecule has 0 saturated carbocycles. The van der Waals surface area contributed by atoms with Crippen LogP contribution in [0.25, 0.3) is 0 Å². The molecule has 4 heteroatoms. The van der Waals surface area contributed by atoms with E-state index in [0.717, 1.165) is 5.56 Å². The number of methoxy groups -OCH3 is 1. The molecule has 1 unspecified atom stereocenters. The summed E-state index contributed by atoms with van der Waals surface area (Å²) in [5.74, 6) is -0.431. The van der Waals surface area contributed by atoms with E-state index in [4.69, 9.17) is 16.3 Å². The van der Waals surface area contributed by atoms with Gasteiger partial charge in [0.1, 0.15) is 11.6 Å². The highest BCUT2D eigenvalue weighted by atomic mass is 35.5. The minimum Gasteiger partial charge on any atom is -0.496 e. The highest BCUT2D eigenvalue weighted by Gasteiger charge is 2.20. The van der Waals surface area contributed by atoms with Gasteiger partial charge in [-0.1, -0.05) is 35.9 Å². The number of nitriles is 1. The number of halogens is 2. The highest BCUT2D eigenvalue weighted by Crippen LogP contribution is 2.31. The van der Waals surface area contributed by atoms with Gasteiger partial charge in [-0.15, -0.1) is 0 Å². The number of nitrogens with zero attached hydrogens (tertiary/aromatic N) is 1. The Kier molecular flexibility index (Phi) is 4.60. The predicted molar refractivity (Wildman–Crippen MR) is 76.5 cm³/mol. The lowest BCUT2D eigenvalue weighted by Gasteiger charge is -2.14. The molecule has 2 nitrogen and oxygen atoms in total. The maximum atomic E-state index is 13.9. The van der Waals surface area contributed by atoms with Crippen LogP contribution in [-0.2, 0) is 6.42 Å². The molecular weight excluding hydrogens is 277 g/mol. The van der Waals surface area contributed by atoms with Gasteiger partial charge in [0.2, 0.25) is 0 Å². The number of ether oxygens (including phenoxy) is 1. The van der Waals surface area contributed by atoms with Crippen molar-refractivity contribution in [1.29, 1.82) is 5.26 Å². The third-order valence-electron chi connectivity index (χ3n) is 3.12. The first-order valence-corrected chi connectivity index (χ1v) is 6.50. The number of hydrogen-bond acceptors (Lipinski definition) is 2. The van der Waals surface area contributed by atoms with Crippen LogP contribution < -0.4 is 4.74 Å². The highest BCUT2D eigenvalue weighted by molar-refractivity contribution is 6.31. The van der Waals surface area contributed by atoms with Crippen LogP contribution >= 0.6 is 11.6 Å². The average Bonchev–Trinajstić information content (AvgIpc) is 2.46. The molecule has 0 saturated heterocycles. The summed E-state index contributed by atoms with van der Waals surface area (Å²) in [7, 11) is 1.57. The van der Waals surface area contributed by atoms with E-state index in [9.17, 15) is 9.65 Å². The predicted octanol–water partition coefficient (Wildman–Crippen LogP) is 4.34. The number of benzene rings is 2. The van der Waals surface area contributed by atoms with Gasteiger partial charge in [-0.05, 0) is 30.2 Å². The Hall–Kier alpha value is -2.05. The topological polar surface area (TPSA) is 33.0 Å². The zero-order valence-electron chi connectivity index (χ0n) is 10.9. The summed E-state index contributed by atoms with van der Waals surface area (Å²) in [6.07, 6.45) is 0.348. The molecule has 2 rings (SSSR count). The summed E-state index contributed by atoms with van der Waals surface area (Å²) in [4.78, 5) is 0. The first kappa shape index (κ1) is 14.4. The normalized spacial score (nSPS) is 11.7. The van der Waals surface area contributed by atoms with Crippen molar-refractivity contribution in [1.82, 2.24) is 0 Å². The molecule has 0 bridgehead atoms.